The van der Waals surface area contributed by atoms with E-state index in [1.807, 2.05) is 24.4 Å². The molecular formula is C19H26N8O. The van der Waals surface area contributed by atoms with Crippen LogP contribution in [0.2, 0.25) is 0 Å². The average molecular weight is 382 g/mol. The number of fused-ring (bicyclic) bond motifs is 1. The zero-order valence-electron chi connectivity index (χ0n) is 16.4. The number of hydrogen-bond donors (Lipinski definition) is 4. The number of nitrogens with one attached hydrogen (secondary N) is 4. The molecule has 0 radical (unpaired) electrons. The molecule has 28 heavy (non-hydrogen) atoms. The second kappa shape index (κ2) is 7.14. The Bertz CT molecular complexity index is 979. The highest BCUT2D eigenvalue weighted by Crippen LogP contribution is 2.39. The van der Waals surface area contributed by atoms with Gasteiger partial charge in [0.15, 0.2) is 5.82 Å². The number of carbonyl (C=O) groups is 1. The van der Waals surface area contributed by atoms with Crippen LogP contribution in [0.15, 0.2) is 24.4 Å². The molecule has 3 heterocycles. The molecule has 0 atom stereocenters. The van der Waals surface area contributed by atoms with Crippen LogP contribution in [0.4, 0.5) is 17.6 Å². The van der Waals surface area contributed by atoms with Gasteiger partial charge in [0.25, 0.3) is 0 Å². The van der Waals surface area contributed by atoms with Crippen LogP contribution in [0.5, 0.6) is 0 Å². The van der Waals surface area contributed by atoms with Gasteiger partial charge in [-0.2, -0.15) is 10.1 Å². The second-order valence-electron chi connectivity index (χ2n) is 8.42. The van der Waals surface area contributed by atoms with Gasteiger partial charge in [-0.05, 0) is 30.4 Å². The van der Waals surface area contributed by atoms with E-state index in [0.717, 1.165) is 17.0 Å². The second-order valence-corrected chi connectivity index (χ2v) is 8.42. The van der Waals surface area contributed by atoms with Crippen molar-refractivity contribution in [2.45, 2.75) is 39.5 Å². The summed E-state index contributed by atoms with van der Waals surface area (Å²) in [5.41, 5.74) is 1.96. The van der Waals surface area contributed by atoms with E-state index in [9.17, 15) is 4.79 Å². The molecule has 0 bridgehead atoms. The van der Waals surface area contributed by atoms with E-state index in [1.165, 1.54) is 12.8 Å². The standard InChI is InChI=1S/C19H26N8O/c1-19(2,3)11-21-16(28)10-20-18-23-17(14-5-4-8-27(14)26-18)22-15-9-13(24-25-15)12-6-7-12/h4-5,8-9,12H,6-7,10-11H2,1-3H3,(H,21,28)(H3,20,22,23,24,25,26). The minimum absolute atomic E-state index is 0.0384. The lowest BCUT2D eigenvalue weighted by atomic mass is 9.97. The first-order valence-corrected chi connectivity index (χ1v) is 9.56. The number of aromatic nitrogens is 5. The molecule has 3 aromatic heterocycles. The van der Waals surface area contributed by atoms with Crippen molar-refractivity contribution in [3.63, 3.8) is 0 Å². The summed E-state index contributed by atoms with van der Waals surface area (Å²) in [4.78, 5) is 16.6. The van der Waals surface area contributed by atoms with E-state index in [0.29, 0.717) is 24.2 Å². The highest BCUT2D eigenvalue weighted by molar-refractivity contribution is 5.80. The number of carbonyl (C=O) groups excluding carboxylic acids is 1. The molecule has 1 aliphatic rings. The fourth-order valence-corrected chi connectivity index (χ4v) is 2.80. The molecule has 0 spiro atoms. The smallest absolute Gasteiger partial charge is 0.243 e. The van der Waals surface area contributed by atoms with Crippen LogP contribution in [-0.4, -0.2) is 43.8 Å². The van der Waals surface area contributed by atoms with E-state index >= 15 is 0 Å². The molecule has 0 aliphatic heterocycles. The number of hydrogen-bond acceptors (Lipinski definition) is 6. The third kappa shape index (κ3) is 4.41. The van der Waals surface area contributed by atoms with Crippen molar-refractivity contribution in [3.05, 3.63) is 30.1 Å². The highest BCUT2D eigenvalue weighted by Gasteiger charge is 2.26. The van der Waals surface area contributed by atoms with Crippen LogP contribution in [0.1, 0.15) is 45.2 Å². The lowest BCUT2D eigenvalue weighted by molar-refractivity contribution is -0.119. The first-order valence-electron chi connectivity index (χ1n) is 9.56. The minimum Gasteiger partial charge on any atom is -0.354 e. The maximum Gasteiger partial charge on any atom is 0.243 e. The number of amides is 1. The zero-order valence-corrected chi connectivity index (χ0v) is 16.4. The van der Waals surface area contributed by atoms with Gasteiger partial charge in [-0.1, -0.05) is 20.8 Å². The average Bonchev–Trinajstić information content (AvgIpc) is 3.19. The quantitative estimate of drug-likeness (QED) is 0.500. The van der Waals surface area contributed by atoms with E-state index in [1.54, 1.807) is 4.52 Å². The van der Waals surface area contributed by atoms with Gasteiger partial charge < -0.3 is 16.0 Å². The van der Waals surface area contributed by atoms with Crippen LogP contribution in [-0.2, 0) is 4.79 Å². The Morgan fingerprint density at radius 3 is 2.93 bits per heavy atom. The number of aromatic amines is 1. The van der Waals surface area contributed by atoms with Gasteiger partial charge in [-0.3, -0.25) is 9.89 Å². The summed E-state index contributed by atoms with van der Waals surface area (Å²) in [6, 6.07) is 5.85. The van der Waals surface area contributed by atoms with E-state index in [-0.39, 0.29) is 17.9 Å². The molecule has 4 N–H and O–H groups in total. The molecule has 148 valence electrons. The van der Waals surface area contributed by atoms with Crippen molar-refractivity contribution in [1.29, 1.82) is 0 Å². The Balaban J connectivity index is 1.46. The van der Waals surface area contributed by atoms with Crippen LogP contribution in [0.25, 0.3) is 5.52 Å². The topological polar surface area (TPSA) is 112 Å². The SMILES string of the molecule is CC(C)(C)CNC(=O)CNc1nc(Nc2cc(C3CC3)n[nH]2)c2cccn2n1. The molecular weight excluding hydrogens is 356 g/mol. The summed E-state index contributed by atoms with van der Waals surface area (Å²) >= 11 is 0. The molecule has 0 unspecified atom stereocenters. The summed E-state index contributed by atoms with van der Waals surface area (Å²) in [6.07, 6.45) is 4.24. The fraction of sp³-hybridized carbons (Fsp3) is 0.474. The Kier molecular flexibility index (Phi) is 4.66. The van der Waals surface area contributed by atoms with Crippen LogP contribution >= 0.6 is 0 Å². The molecule has 0 aromatic carbocycles. The van der Waals surface area contributed by atoms with Crippen molar-refractivity contribution in [1.82, 2.24) is 30.1 Å². The number of anilines is 3. The zero-order chi connectivity index (χ0) is 19.7. The molecule has 0 saturated heterocycles. The predicted octanol–water partition coefficient (Wildman–Crippen LogP) is 2.65. The Labute approximate surface area is 163 Å². The molecule has 3 aromatic rings. The molecule has 1 saturated carbocycles. The van der Waals surface area contributed by atoms with Gasteiger partial charge in [-0.15, -0.1) is 5.10 Å². The van der Waals surface area contributed by atoms with Gasteiger partial charge >= 0.3 is 0 Å². The van der Waals surface area contributed by atoms with Crippen LogP contribution < -0.4 is 16.0 Å². The Morgan fingerprint density at radius 2 is 2.18 bits per heavy atom. The lowest BCUT2D eigenvalue weighted by Gasteiger charge is -2.18. The molecule has 1 amide bonds. The molecule has 1 aliphatic carbocycles. The first-order chi connectivity index (χ1) is 13.4. The summed E-state index contributed by atoms with van der Waals surface area (Å²) in [6.45, 7) is 6.95. The third-order valence-corrected chi connectivity index (χ3v) is 4.46. The number of nitrogens with zero attached hydrogens (tertiary/aromatic N) is 4. The number of H-pyrrole nitrogens is 1. The van der Waals surface area contributed by atoms with Crippen molar-refractivity contribution in [2.75, 3.05) is 23.7 Å². The monoisotopic (exact) mass is 382 g/mol. The maximum atomic E-state index is 12.1. The predicted molar refractivity (Wildman–Crippen MR) is 108 cm³/mol. The van der Waals surface area contributed by atoms with Crippen molar-refractivity contribution in [2.24, 2.45) is 5.41 Å². The van der Waals surface area contributed by atoms with E-state index in [2.05, 4.69) is 57.0 Å². The van der Waals surface area contributed by atoms with Crippen molar-refractivity contribution >= 4 is 29.0 Å². The van der Waals surface area contributed by atoms with Gasteiger partial charge in [0.1, 0.15) is 11.3 Å². The van der Waals surface area contributed by atoms with Crippen LogP contribution in [0.3, 0.4) is 0 Å². The summed E-state index contributed by atoms with van der Waals surface area (Å²) in [5, 5.41) is 21.0. The Hall–Kier alpha value is -3.10. The van der Waals surface area contributed by atoms with Gasteiger partial charge in [0, 0.05) is 24.7 Å². The van der Waals surface area contributed by atoms with Gasteiger partial charge in [-0.25, -0.2) is 4.52 Å². The van der Waals surface area contributed by atoms with Crippen LogP contribution in [0, 0.1) is 5.41 Å². The summed E-state index contributed by atoms with van der Waals surface area (Å²) in [7, 11) is 0. The van der Waals surface area contributed by atoms with Gasteiger partial charge in [0.2, 0.25) is 11.9 Å². The normalized spacial score (nSPS) is 14.2. The van der Waals surface area contributed by atoms with Crippen molar-refractivity contribution < 1.29 is 4.79 Å². The maximum absolute atomic E-state index is 12.1. The van der Waals surface area contributed by atoms with E-state index < -0.39 is 0 Å². The minimum atomic E-state index is -0.0942. The molecule has 4 rings (SSSR count). The largest absolute Gasteiger partial charge is 0.354 e. The van der Waals surface area contributed by atoms with Crippen molar-refractivity contribution in [3.8, 4) is 0 Å². The van der Waals surface area contributed by atoms with Gasteiger partial charge in [0.05, 0.1) is 12.2 Å². The first kappa shape index (κ1) is 18.3. The highest BCUT2D eigenvalue weighted by atomic mass is 16.1. The summed E-state index contributed by atoms with van der Waals surface area (Å²) in [5.74, 6) is 2.29. The lowest BCUT2D eigenvalue weighted by Crippen LogP contribution is -2.36. The molecule has 1 fully saturated rings. The van der Waals surface area contributed by atoms with E-state index in [4.69, 9.17) is 0 Å². The fourth-order valence-electron chi connectivity index (χ4n) is 2.80. The summed E-state index contributed by atoms with van der Waals surface area (Å²) < 4.78 is 1.73. The molecule has 9 nitrogen and oxygen atoms in total. The number of rotatable bonds is 7. The third-order valence-electron chi connectivity index (χ3n) is 4.46. The Morgan fingerprint density at radius 1 is 1.36 bits per heavy atom. The molecule has 9 heteroatoms.